The van der Waals surface area contributed by atoms with Crippen molar-refractivity contribution < 1.29 is 4.79 Å². The lowest BCUT2D eigenvalue weighted by atomic mass is 9.97. The smallest absolute Gasteiger partial charge is 0.221 e. The number of fused-ring (bicyclic) bond motifs is 2. The van der Waals surface area contributed by atoms with Crippen LogP contribution in [-0.2, 0) is 4.79 Å². The monoisotopic (exact) mass is 225 g/mol. The van der Waals surface area contributed by atoms with Gasteiger partial charge in [-0.3, -0.25) is 4.79 Å². The minimum atomic E-state index is -0.191. The third-order valence-corrected chi connectivity index (χ3v) is 4.12. The van der Waals surface area contributed by atoms with E-state index in [1.807, 2.05) is 6.92 Å². The number of piperidine rings is 1. The SMILES string of the molecule is CC(CN(C)C1CC2CCC(C1)N2)C(N)=O. The second-order valence-corrected chi connectivity index (χ2v) is 5.51. The van der Waals surface area contributed by atoms with Crippen molar-refractivity contribution in [1.29, 1.82) is 0 Å². The van der Waals surface area contributed by atoms with Gasteiger partial charge in [-0.2, -0.15) is 0 Å². The first kappa shape index (κ1) is 11.9. The summed E-state index contributed by atoms with van der Waals surface area (Å²) < 4.78 is 0. The van der Waals surface area contributed by atoms with Crippen molar-refractivity contribution in [2.75, 3.05) is 13.6 Å². The van der Waals surface area contributed by atoms with Gasteiger partial charge in [-0.15, -0.1) is 0 Å². The molecule has 2 fully saturated rings. The standard InChI is InChI=1S/C12H23N3O/c1-8(12(13)16)7-15(2)11-5-9-3-4-10(6-11)14-9/h8-11,14H,3-7H2,1-2H3,(H2,13,16). The molecule has 0 aromatic carbocycles. The number of carbonyl (C=O) groups is 1. The minimum Gasteiger partial charge on any atom is -0.369 e. The third kappa shape index (κ3) is 2.55. The molecule has 2 bridgehead atoms. The van der Waals surface area contributed by atoms with Crippen LogP contribution in [0.5, 0.6) is 0 Å². The largest absolute Gasteiger partial charge is 0.369 e. The molecule has 2 rings (SSSR count). The Morgan fingerprint density at radius 1 is 1.44 bits per heavy atom. The second-order valence-electron chi connectivity index (χ2n) is 5.51. The fourth-order valence-electron chi connectivity index (χ4n) is 3.06. The van der Waals surface area contributed by atoms with Crippen LogP contribution in [0, 0.1) is 5.92 Å². The average Bonchev–Trinajstić information content (AvgIpc) is 2.57. The van der Waals surface area contributed by atoms with Crippen molar-refractivity contribution in [3.63, 3.8) is 0 Å². The topological polar surface area (TPSA) is 58.4 Å². The van der Waals surface area contributed by atoms with Gasteiger partial charge < -0.3 is 16.0 Å². The fraction of sp³-hybridized carbons (Fsp3) is 0.917. The summed E-state index contributed by atoms with van der Waals surface area (Å²) in [6, 6.07) is 2.03. The Morgan fingerprint density at radius 2 is 2.00 bits per heavy atom. The first-order valence-corrected chi connectivity index (χ1v) is 6.32. The Labute approximate surface area is 97.6 Å². The number of rotatable bonds is 4. The zero-order chi connectivity index (χ0) is 11.7. The molecule has 2 aliphatic heterocycles. The molecule has 3 atom stereocenters. The molecule has 0 radical (unpaired) electrons. The summed E-state index contributed by atoms with van der Waals surface area (Å²) in [7, 11) is 2.12. The van der Waals surface area contributed by atoms with E-state index in [1.165, 1.54) is 25.7 Å². The van der Waals surface area contributed by atoms with Crippen molar-refractivity contribution in [2.45, 2.75) is 50.7 Å². The summed E-state index contributed by atoms with van der Waals surface area (Å²) in [5.74, 6) is -0.235. The Hall–Kier alpha value is -0.610. The van der Waals surface area contributed by atoms with E-state index in [4.69, 9.17) is 5.73 Å². The zero-order valence-corrected chi connectivity index (χ0v) is 10.3. The summed E-state index contributed by atoms with van der Waals surface area (Å²) in [5.41, 5.74) is 5.30. The van der Waals surface area contributed by atoms with E-state index in [1.54, 1.807) is 0 Å². The number of amides is 1. The van der Waals surface area contributed by atoms with Gasteiger partial charge in [0.2, 0.25) is 5.91 Å². The normalized spacial score (nSPS) is 35.3. The van der Waals surface area contributed by atoms with Crippen LogP contribution >= 0.6 is 0 Å². The molecule has 3 N–H and O–H groups in total. The van der Waals surface area contributed by atoms with E-state index >= 15 is 0 Å². The van der Waals surface area contributed by atoms with Crippen LogP contribution in [-0.4, -0.2) is 42.5 Å². The Kier molecular flexibility index (Phi) is 3.50. The molecule has 1 amide bonds. The van der Waals surface area contributed by atoms with Gasteiger partial charge in [-0.1, -0.05) is 6.92 Å². The van der Waals surface area contributed by atoms with Crippen LogP contribution in [0.15, 0.2) is 0 Å². The predicted molar refractivity (Wildman–Crippen MR) is 64.0 cm³/mol. The van der Waals surface area contributed by atoms with Gasteiger partial charge >= 0.3 is 0 Å². The molecule has 3 unspecified atom stereocenters. The van der Waals surface area contributed by atoms with Gasteiger partial charge in [-0.25, -0.2) is 0 Å². The molecule has 16 heavy (non-hydrogen) atoms. The maximum Gasteiger partial charge on any atom is 0.221 e. The molecule has 0 aliphatic carbocycles. The zero-order valence-electron chi connectivity index (χ0n) is 10.3. The van der Waals surface area contributed by atoms with E-state index in [0.717, 1.165) is 6.54 Å². The molecule has 92 valence electrons. The van der Waals surface area contributed by atoms with Crippen LogP contribution in [0.25, 0.3) is 0 Å². The highest BCUT2D eigenvalue weighted by molar-refractivity contribution is 5.76. The molecule has 2 saturated heterocycles. The van der Waals surface area contributed by atoms with E-state index in [9.17, 15) is 4.79 Å². The molecular weight excluding hydrogens is 202 g/mol. The Morgan fingerprint density at radius 3 is 2.50 bits per heavy atom. The van der Waals surface area contributed by atoms with E-state index in [0.29, 0.717) is 18.1 Å². The Bertz CT molecular complexity index is 257. The summed E-state index contributed by atoms with van der Waals surface area (Å²) in [4.78, 5) is 13.4. The van der Waals surface area contributed by atoms with Gasteiger partial charge in [-0.05, 0) is 32.7 Å². The van der Waals surface area contributed by atoms with E-state index in [-0.39, 0.29) is 11.8 Å². The van der Waals surface area contributed by atoms with Gasteiger partial charge in [0, 0.05) is 30.6 Å². The molecule has 4 nitrogen and oxygen atoms in total. The van der Waals surface area contributed by atoms with Gasteiger partial charge in [0.15, 0.2) is 0 Å². The molecule has 0 spiro atoms. The number of nitrogens with two attached hydrogens (primary N) is 1. The van der Waals surface area contributed by atoms with Crippen molar-refractivity contribution in [3.05, 3.63) is 0 Å². The lowest BCUT2D eigenvalue weighted by Gasteiger charge is -2.36. The van der Waals surface area contributed by atoms with E-state index in [2.05, 4.69) is 17.3 Å². The highest BCUT2D eigenvalue weighted by Crippen LogP contribution is 2.29. The summed E-state index contributed by atoms with van der Waals surface area (Å²) in [6.45, 7) is 2.70. The van der Waals surface area contributed by atoms with Crippen LogP contribution in [0.3, 0.4) is 0 Å². The van der Waals surface area contributed by atoms with Crippen LogP contribution in [0.4, 0.5) is 0 Å². The molecule has 2 aliphatic rings. The molecule has 0 aromatic heterocycles. The van der Waals surface area contributed by atoms with Crippen molar-refractivity contribution in [2.24, 2.45) is 11.7 Å². The number of nitrogens with zero attached hydrogens (tertiary/aromatic N) is 1. The third-order valence-electron chi connectivity index (χ3n) is 4.12. The molecular formula is C12H23N3O. The molecule has 0 aromatic rings. The highest BCUT2D eigenvalue weighted by Gasteiger charge is 2.35. The first-order chi connectivity index (χ1) is 7.56. The average molecular weight is 225 g/mol. The van der Waals surface area contributed by atoms with Crippen LogP contribution in [0.2, 0.25) is 0 Å². The Balaban J connectivity index is 1.85. The van der Waals surface area contributed by atoms with Gasteiger partial charge in [0.05, 0.1) is 0 Å². The predicted octanol–water partition coefficient (Wildman–Crippen LogP) is 0.323. The number of hydrogen-bond acceptors (Lipinski definition) is 3. The molecule has 0 saturated carbocycles. The fourth-order valence-corrected chi connectivity index (χ4v) is 3.06. The number of primary amides is 1. The summed E-state index contributed by atoms with van der Waals surface area (Å²) >= 11 is 0. The van der Waals surface area contributed by atoms with Crippen LogP contribution in [0.1, 0.15) is 32.6 Å². The van der Waals surface area contributed by atoms with Gasteiger partial charge in [0.25, 0.3) is 0 Å². The highest BCUT2D eigenvalue weighted by atomic mass is 16.1. The molecule has 4 heteroatoms. The van der Waals surface area contributed by atoms with Gasteiger partial charge in [0.1, 0.15) is 0 Å². The number of carbonyl (C=O) groups excluding carboxylic acids is 1. The summed E-state index contributed by atoms with van der Waals surface area (Å²) in [6.07, 6.45) is 5.08. The minimum absolute atomic E-state index is 0.0439. The van der Waals surface area contributed by atoms with Crippen molar-refractivity contribution >= 4 is 5.91 Å². The maximum absolute atomic E-state index is 11.0. The van der Waals surface area contributed by atoms with Crippen LogP contribution < -0.4 is 11.1 Å². The number of nitrogens with one attached hydrogen (secondary N) is 1. The summed E-state index contributed by atoms with van der Waals surface area (Å²) in [5, 5.41) is 3.63. The lowest BCUT2D eigenvalue weighted by Crippen LogP contribution is -2.48. The van der Waals surface area contributed by atoms with E-state index < -0.39 is 0 Å². The van der Waals surface area contributed by atoms with Crippen molar-refractivity contribution in [1.82, 2.24) is 10.2 Å². The lowest BCUT2D eigenvalue weighted by molar-refractivity contribution is -0.121. The van der Waals surface area contributed by atoms with Crippen molar-refractivity contribution in [3.8, 4) is 0 Å². The quantitative estimate of drug-likeness (QED) is 0.724. The molecule has 2 heterocycles. The first-order valence-electron chi connectivity index (χ1n) is 6.32. The second kappa shape index (κ2) is 4.72. The maximum atomic E-state index is 11.0. The number of hydrogen-bond donors (Lipinski definition) is 2.